The molecule has 3 heterocycles. The van der Waals surface area contributed by atoms with Crippen LogP contribution in [0.15, 0.2) is 18.2 Å². The number of likely N-dealkylation sites (tertiary alicyclic amines) is 1. The zero-order valence-corrected chi connectivity index (χ0v) is 12.5. The predicted octanol–water partition coefficient (Wildman–Crippen LogP) is 2.58. The number of aromatic nitrogens is 1. The quantitative estimate of drug-likeness (QED) is 0.914. The summed E-state index contributed by atoms with van der Waals surface area (Å²) in [5.41, 5.74) is 0. The number of hydrogen-bond acceptors (Lipinski definition) is 4. The van der Waals surface area contributed by atoms with Crippen molar-refractivity contribution in [2.75, 3.05) is 42.9 Å². The first kappa shape index (κ1) is 13.7. The molecule has 1 atom stereocenters. The Morgan fingerprint density at radius 1 is 1.20 bits per heavy atom. The summed E-state index contributed by atoms with van der Waals surface area (Å²) < 4.78 is 0. The van der Waals surface area contributed by atoms with Gasteiger partial charge in [0.05, 0.1) is 0 Å². The van der Waals surface area contributed by atoms with Crippen LogP contribution in [0.3, 0.4) is 0 Å². The molecule has 0 aromatic carbocycles. The number of rotatable bonds is 4. The topological polar surface area (TPSA) is 31.4 Å². The van der Waals surface area contributed by atoms with Gasteiger partial charge in [0.15, 0.2) is 0 Å². The predicted molar refractivity (Wildman–Crippen MR) is 84.4 cm³/mol. The molecule has 2 fully saturated rings. The van der Waals surface area contributed by atoms with Crippen molar-refractivity contribution in [1.82, 2.24) is 9.88 Å². The largest absolute Gasteiger partial charge is 0.370 e. The fourth-order valence-electron chi connectivity index (χ4n) is 3.41. The molecule has 0 saturated carbocycles. The molecule has 20 heavy (non-hydrogen) atoms. The number of nitrogens with zero attached hydrogens (tertiary/aromatic N) is 3. The molecule has 1 aromatic heterocycles. The Balaban J connectivity index is 1.62. The van der Waals surface area contributed by atoms with Crippen LogP contribution in [0.25, 0.3) is 0 Å². The summed E-state index contributed by atoms with van der Waals surface area (Å²) in [6.45, 7) is 7.91. The maximum Gasteiger partial charge on any atom is 0.131 e. The average Bonchev–Trinajstić information content (AvgIpc) is 2.99. The molecular formula is C16H26N4. The molecule has 2 saturated heterocycles. The minimum absolute atomic E-state index is 0.736. The summed E-state index contributed by atoms with van der Waals surface area (Å²) in [5, 5.41) is 3.30. The molecule has 0 spiro atoms. The van der Waals surface area contributed by atoms with Crippen LogP contribution >= 0.6 is 0 Å². The fourth-order valence-corrected chi connectivity index (χ4v) is 3.41. The molecule has 1 unspecified atom stereocenters. The number of nitrogens with one attached hydrogen (secondary N) is 1. The van der Waals surface area contributed by atoms with Gasteiger partial charge < -0.3 is 10.2 Å². The smallest absolute Gasteiger partial charge is 0.131 e. The van der Waals surface area contributed by atoms with Crippen LogP contribution in [-0.2, 0) is 0 Å². The highest BCUT2D eigenvalue weighted by atomic mass is 15.3. The van der Waals surface area contributed by atoms with Crippen molar-refractivity contribution in [3.8, 4) is 0 Å². The molecule has 0 bridgehead atoms. The van der Waals surface area contributed by atoms with Crippen LogP contribution in [-0.4, -0.2) is 48.6 Å². The number of pyridine rings is 1. The maximum atomic E-state index is 4.72. The van der Waals surface area contributed by atoms with E-state index < -0.39 is 0 Å². The van der Waals surface area contributed by atoms with Crippen LogP contribution in [0.2, 0.25) is 0 Å². The van der Waals surface area contributed by atoms with Gasteiger partial charge in [-0.15, -0.1) is 0 Å². The molecule has 4 nitrogen and oxygen atoms in total. The Morgan fingerprint density at radius 3 is 2.85 bits per heavy atom. The summed E-state index contributed by atoms with van der Waals surface area (Å²) in [6, 6.07) is 7.03. The second-order valence-electron chi connectivity index (χ2n) is 5.90. The zero-order valence-electron chi connectivity index (χ0n) is 12.5. The van der Waals surface area contributed by atoms with E-state index in [0.717, 1.165) is 37.3 Å². The van der Waals surface area contributed by atoms with Crippen molar-refractivity contribution in [3.05, 3.63) is 18.2 Å². The number of piperidine rings is 1. The average molecular weight is 274 g/mol. The molecule has 1 aromatic rings. The van der Waals surface area contributed by atoms with E-state index >= 15 is 0 Å². The number of anilines is 2. The van der Waals surface area contributed by atoms with Crippen molar-refractivity contribution in [2.45, 2.75) is 38.6 Å². The number of hydrogen-bond donors (Lipinski definition) is 1. The lowest BCUT2D eigenvalue weighted by Crippen LogP contribution is -2.40. The van der Waals surface area contributed by atoms with Crippen molar-refractivity contribution in [1.29, 1.82) is 0 Å². The van der Waals surface area contributed by atoms with E-state index in [0.29, 0.717) is 0 Å². The standard InChI is InChI=1S/C16H26N4/c1-2-17-15-7-6-8-16(18-15)20-12-9-14(13-20)19-10-4-3-5-11-19/h6-8,14H,2-5,9-13H2,1H3,(H,17,18). The van der Waals surface area contributed by atoms with Crippen LogP contribution in [0.5, 0.6) is 0 Å². The third kappa shape index (κ3) is 3.06. The van der Waals surface area contributed by atoms with Gasteiger partial charge in [0, 0.05) is 25.7 Å². The molecule has 4 heteroatoms. The third-order valence-corrected chi connectivity index (χ3v) is 4.49. The van der Waals surface area contributed by atoms with Gasteiger partial charge in [-0.1, -0.05) is 12.5 Å². The second kappa shape index (κ2) is 6.44. The van der Waals surface area contributed by atoms with E-state index in [2.05, 4.69) is 34.2 Å². The summed E-state index contributed by atoms with van der Waals surface area (Å²) in [6.07, 6.45) is 5.46. The molecule has 2 aliphatic heterocycles. The highest BCUT2D eigenvalue weighted by molar-refractivity contribution is 5.47. The second-order valence-corrected chi connectivity index (χ2v) is 5.90. The van der Waals surface area contributed by atoms with Crippen molar-refractivity contribution >= 4 is 11.6 Å². The molecule has 2 aliphatic rings. The van der Waals surface area contributed by atoms with E-state index in [9.17, 15) is 0 Å². The minimum Gasteiger partial charge on any atom is -0.370 e. The van der Waals surface area contributed by atoms with Gasteiger partial charge in [-0.25, -0.2) is 4.98 Å². The Hall–Kier alpha value is -1.29. The van der Waals surface area contributed by atoms with Gasteiger partial charge in [0.1, 0.15) is 11.6 Å². The Kier molecular flexibility index (Phi) is 4.41. The fraction of sp³-hybridized carbons (Fsp3) is 0.688. The first-order chi connectivity index (χ1) is 9.86. The minimum atomic E-state index is 0.736. The Morgan fingerprint density at radius 2 is 2.05 bits per heavy atom. The molecule has 0 aliphatic carbocycles. The first-order valence-corrected chi connectivity index (χ1v) is 8.07. The van der Waals surface area contributed by atoms with E-state index in [-0.39, 0.29) is 0 Å². The van der Waals surface area contributed by atoms with E-state index in [1.54, 1.807) is 0 Å². The van der Waals surface area contributed by atoms with Crippen LogP contribution in [0.4, 0.5) is 11.6 Å². The van der Waals surface area contributed by atoms with Gasteiger partial charge in [-0.2, -0.15) is 0 Å². The zero-order chi connectivity index (χ0) is 13.8. The summed E-state index contributed by atoms with van der Waals surface area (Å²) in [5.74, 6) is 2.12. The third-order valence-electron chi connectivity index (χ3n) is 4.49. The van der Waals surface area contributed by atoms with Crippen LogP contribution in [0, 0.1) is 0 Å². The summed E-state index contributed by atoms with van der Waals surface area (Å²) >= 11 is 0. The normalized spacial score (nSPS) is 24.1. The first-order valence-electron chi connectivity index (χ1n) is 8.07. The molecular weight excluding hydrogens is 248 g/mol. The highest BCUT2D eigenvalue weighted by Gasteiger charge is 2.29. The van der Waals surface area contributed by atoms with E-state index in [1.807, 2.05) is 6.07 Å². The Labute approximate surface area is 122 Å². The monoisotopic (exact) mass is 274 g/mol. The van der Waals surface area contributed by atoms with Gasteiger partial charge in [0.25, 0.3) is 0 Å². The molecule has 1 N–H and O–H groups in total. The maximum absolute atomic E-state index is 4.72. The lowest BCUT2D eigenvalue weighted by atomic mass is 10.1. The highest BCUT2D eigenvalue weighted by Crippen LogP contribution is 2.24. The lowest BCUT2D eigenvalue weighted by Gasteiger charge is -2.32. The van der Waals surface area contributed by atoms with Crippen LogP contribution in [0.1, 0.15) is 32.6 Å². The van der Waals surface area contributed by atoms with Crippen LogP contribution < -0.4 is 10.2 Å². The van der Waals surface area contributed by atoms with Crippen molar-refractivity contribution in [2.24, 2.45) is 0 Å². The summed E-state index contributed by atoms with van der Waals surface area (Å²) in [7, 11) is 0. The van der Waals surface area contributed by atoms with Gasteiger partial charge in [-0.05, 0) is 51.4 Å². The van der Waals surface area contributed by atoms with Crippen molar-refractivity contribution in [3.63, 3.8) is 0 Å². The van der Waals surface area contributed by atoms with Gasteiger partial charge >= 0.3 is 0 Å². The van der Waals surface area contributed by atoms with E-state index in [1.165, 1.54) is 38.8 Å². The molecule has 0 amide bonds. The molecule has 110 valence electrons. The lowest BCUT2D eigenvalue weighted by molar-refractivity contribution is 0.175. The van der Waals surface area contributed by atoms with Crippen molar-refractivity contribution < 1.29 is 0 Å². The van der Waals surface area contributed by atoms with Gasteiger partial charge in [0.2, 0.25) is 0 Å². The molecule has 0 radical (unpaired) electrons. The van der Waals surface area contributed by atoms with Gasteiger partial charge in [-0.3, -0.25) is 4.90 Å². The molecule has 3 rings (SSSR count). The van der Waals surface area contributed by atoms with E-state index in [4.69, 9.17) is 4.98 Å². The Bertz CT molecular complexity index is 428. The SMILES string of the molecule is CCNc1cccc(N2CCC(N3CCCCC3)C2)n1. The summed E-state index contributed by atoms with van der Waals surface area (Å²) in [4.78, 5) is 9.86.